The summed E-state index contributed by atoms with van der Waals surface area (Å²) in [5, 5.41) is 12.0. The molecule has 4 rings (SSSR count). The van der Waals surface area contributed by atoms with Crippen LogP contribution in [0.4, 0.5) is 17.5 Å². The number of nitrogen functional groups attached to an aromatic ring is 1. The summed E-state index contributed by atoms with van der Waals surface area (Å²) in [5.74, 6) is 0.347. The van der Waals surface area contributed by atoms with Gasteiger partial charge in [-0.15, -0.1) is 0 Å². The molecule has 1 aliphatic carbocycles. The van der Waals surface area contributed by atoms with Crippen molar-refractivity contribution in [2.45, 2.75) is 44.9 Å². The monoisotopic (exact) mass is 439 g/mol. The summed E-state index contributed by atoms with van der Waals surface area (Å²) in [4.78, 5) is 34.3. The van der Waals surface area contributed by atoms with Gasteiger partial charge in [0, 0.05) is 18.7 Å². The third-order valence-corrected chi connectivity index (χ3v) is 6.24. The van der Waals surface area contributed by atoms with Gasteiger partial charge in [-0.1, -0.05) is 12.1 Å². The van der Waals surface area contributed by atoms with Gasteiger partial charge in [-0.2, -0.15) is 9.97 Å². The molecule has 0 atom stereocenters. The zero-order valence-electron chi connectivity index (χ0n) is 18.2. The number of carbonyl (C=O) groups excluding carboxylic acids is 1. The van der Waals surface area contributed by atoms with Gasteiger partial charge >= 0.3 is 5.97 Å². The predicted molar refractivity (Wildman–Crippen MR) is 121 cm³/mol. The van der Waals surface area contributed by atoms with E-state index in [1.807, 2.05) is 19.1 Å². The van der Waals surface area contributed by atoms with Crippen molar-refractivity contribution < 1.29 is 19.4 Å². The zero-order valence-corrected chi connectivity index (χ0v) is 18.2. The fraction of sp³-hybridized carbons (Fsp3) is 0.478. The Balaban J connectivity index is 1.49. The number of carbonyl (C=O) groups is 2. The van der Waals surface area contributed by atoms with Crippen LogP contribution in [0.5, 0.6) is 5.88 Å². The number of nitrogens with two attached hydrogens (primary N) is 1. The van der Waals surface area contributed by atoms with Gasteiger partial charge in [0.25, 0.3) is 5.91 Å². The van der Waals surface area contributed by atoms with Gasteiger partial charge < -0.3 is 25.8 Å². The first-order chi connectivity index (χ1) is 15.5. The lowest BCUT2D eigenvalue weighted by Gasteiger charge is -2.28. The highest BCUT2D eigenvalue weighted by Crippen LogP contribution is 2.38. The van der Waals surface area contributed by atoms with Crippen LogP contribution in [0.2, 0.25) is 0 Å². The Morgan fingerprint density at radius 3 is 2.59 bits per heavy atom. The van der Waals surface area contributed by atoms with Crippen molar-refractivity contribution in [2.24, 2.45) is 5.92 Å². The van der Waals surface area contributed by atoms with Gasteiger partial charge in [-0.05, 0) is 62.1 Å². The van der Waals surface area contributed by atoms with E-state index < -0.39 is 5.97 Å². The first-order valence-electron chi connectivity index (χ1n) is 11.1. The smallest absolute Gasteiger partial charge is 0.303 e. The van der Waals surface area contributed by atoms with Crippen LogP contribution >= 0.6 is 0 Å². The highest BCUT2D eigenvalue weighted by atomic mass is 16.5. The number of nitrogens with one attached hydrogen (secondary N) is 1. The highest BCUT2D eigenvalue weighted by molar-refractivity contribution is 6.10. The third kappa shape index (κ3) is 4.61. The number of benzene rings is 1. The summed E-state index contributed by atoms with van der Waals surface area (Å²) in [7, 11) is 0. The summed E-state index contributed by atoms with van der Waals surface area (Å²) in [6.07, 6.45) is 4.11. The lowest BCUT2D eigenvalue weighted by Crippen LogP contribution is -2.32. The van der Waals surface area contributed by atoms with Crippen molar-refractivity contribution >= 4 is 29.3 Å². The molecule has 0 spiro atoms. The van der Waals surface area contributed by atoms with Gasteiger partial charge in [-0.3, -0.25) is 9.59 Å². The number of rotatable bonds is 6. The number of hydrogen-bond acceptors (Lipinski definition) is 7. The van der Waals surface area contributed by atoms with Crippen LogP contribution in [0, 0.1) is 5.92 Å². The van der Waals surface area contributed by atoms with Crippen molar-refractivity contribution in [3.8, 4) is 5.88 Å². The number of carboxylic acids is 1. The number of nitrogens with zero attached hydrogens (tertiary/aromatic N) is 3. The molecule has 1 aromatic carbocycles. The van der Waals surface area contributed by atoms with Gasteiger partial charge in [0.1, 0.15) is 18.0 Å². The van der Waals surface area contributed by atoms with Gasteiger partial charge in [0.2, 0.25) is 11.8 Å². The Bertz CT molecular complexity index is 987. The Morgan fingerprint density at radius 1 is 1.22 bits per heavy atom. The number of carboxylic acid groups (broad SMARTS) is 1. The van der Waals surface area contributed by atoms with E-state index in [1.165, 1.54) is 5.56 Å². The third-order valence-electron chi connectivity index (χ3n) is 6.24. The van der Waals surface area contributed by atoms with Gasteiger partial charge in [0.15, 0.2) is 0 Å². The molecule has 1 aliphatic heterocycles. The molecule has 0 radical (unpaired) electrons. The van der Waals surface area contributed by atoms with E-state index in [9.17, 15) is 9.59 Å². The molecule has 32 heavy (non-hydrogen) atoms. The van der Waals surface area contributed by atoms with Crippen molar-refractivity contribution in [2.75, 3.05) is 35.6 Å². The molecule has 1 aromatic heterocycles. The van der Waals surface area contributed by atoms with E-state index in [4.69, 9.17) is 15.6 Å². The Morgan fingerprint density at radius 2 is 1.94 bits per heavy atom. The molecule has 9 nitrogen and oxygen atoms in total. The van der Waals surface area contributed by atoms with Crippen molar-refractivity contribution in [1.82, 2.24) is 9.97 Å². The first-order valence-corrected chi connectivity index (χ1v) is 11.1. The fourth-order valence-electron chi connectivity index (χ4n) is 4.59. The van der Waals surface area contributed by atoms with Crippen LogP contribution in [0.25, 0.3) is 0 Å². The molecule has 2 heterocycles. The van der Waals surface area contributed by atoms with Crippen LogP contribution < -0.4 is 20.7 Å². The number of hydrogen-bond donors (Lipinski definition) is 3. The minimum atomic E-state index is -0.714. The maximum Gasteiger partial charge on any atom is 0.303 e. The Kier molecular flexibility index (Phi) is 6.43. The maximum atomic E-state index is 13.3. The van der Waals surface area contributed by atoms with E-state index >= 15 is 0 Å². The van der Waals surface area contributed by atoms with Crippen molar-refractivity contribution in [1.29, 1.82) is 0 Å². The number of ether oxygens (including phenoxy) is 1. The summed E-state index contributed by atoms with van der Waals surface area (Å²) < 4.78 is 5.72. The Hall–Kier alpha value is -3.36. The molecule has 0 bridgehead atoms. The number of amides is 1. The van der Waals surface area contributed by atoms with Crippen LogP contribution in [-0.4, -0.2) is 46.6 Å². The molecule has 0 unspecified atom stereocenters. The van der Waals surface area contributed by atoms with Crippen LogP contribution in [0.1, 0.15) is 60.9 Å². The standard InChI is InChI=1S/C23H29N5O4/c1-2-25-23-26-20(24)19-21(27-23)32-12-11-28(22(19)31)17-9-7-16(8-10-17)15-5-3-14(4-6-15)13-18(29)30/h7-10,14-15H,2-6,11-13H2,1H3,(H,29,30)(H3,24,25,26,27). The molecule has 9 heteroatoms. The number of aliphatic carboxylic acids is 1. The molecule has 170 valence electrons. The number of fused-ring (bicyclic) bond motifs is 1. The molecule has 1 fully saturated rings. The fourth-order valence-corrected chi connectivity index (χ4v) is 4.59. The van der Waals surface area contributed by atoms with E-state index in [1.54, 1.807) is 4.90 Å². The second-order valence-corrected chi connectivity index (χ2v) is 8.36. The second-order valence-electron chi connectivity index (χ2n) is 8.36. The lowest BCUT2D eigenvalue weighted by molar-refractivity contribution is -0.138. The van der Waals surface area contributed by atoms with E-state index in [0.29, 0.717) is 31.6 Å². The van der Waals surface area contributed by atoms with Crippen molar-refractivity contribution in [3.05, 3.63) is 35.4 Å². The Labute approximate surface area is 187 Å². The largest absolute Gasteiger partial charge is 0.481 e. The molecule has 0 saturated heterocycles. The van der Waals surface area contributed by atoms with Crippen molar-refractivity contribution in [3.63, 3.8) is 0 Å². The minimum Gasteiger partial charge on any atom is -0.481 e. The van der Waals surface area contributed by atoms with Crippen LogP contribution in [-0.2, 0) is 4.79 Å². The average Bonchev–Trinajstić information content (AvgIpc) is 2.93. The lowest BCUT2D eigenvalue weighted by atomic mass is 9.77. The summed E-state index contributed by atoms with van der Waals surface area (Å²) in [6, 6.07) is 8.02. The quantitative estimate of drug-likeness (QED) is 0.625. The molecule has 2 aromatic rings. The van der Waals surface area contributed by atoms with Gasteiger partial charge in [-0.25, -0.2) is 0 Å². The van der Waals surface area contributed by atoms with Gasteiger partial charge in [0.05, 0.1) is 6.54 Å². The highest BCUT2D eigenvalue weighted by Gasteiger charge is 2.30. The summed E-state index contributed by atoms with van der Waals surface area (Å²) in [5.41, 5.74) is 8.26. The second kappa shape index (κ2) is 9.42. The summed E-state index contributed by atoms with van der Waals surface area (Å²) >= 11 is 0. The predicted octanol–water partition coefficient (Wildman–Crippen LogP) is 3.28. The molecule has 1 saturated carbocycles. The van der Waals surface area contributed by atoms with E-state index in [0.717, 1.165) is 31.4 Å². The zero-order chi connectivity index (χ0) is 22.7. The van der Waals surface area contributed by atoms with E-state index in [2.05, 4.69) is 27.4 Å². The van der Waals surface area contributed by atoms with Crippen LogP contribution in [0.15, 0.2) is 24.3 Å². The summed E-state index contributed by atoms with van der Waals surface area (Å²) in [6.45, 7) is 3.23. The minimum absolute atomic E-state index is 0.0950. The normalized spacial score (nSPS) is 20.8. The van der Waals surface area contributed by atoms with Crippen LogP contribution in [0.3, 0.4) is 0 Å². The molecule has 1 amide bonds. The topological polar surface area (TPSA) is 131 Å². The number of aromatic nitrogens is 2. The maximum absolute atomic E-state index is 13.3. The first kappa shape index (κ1) is 21.9. The molecular weight excluding hydrogens is 410 g/mol. The molecule has 4 N–H and O–H groups in total. The molecule has 2 aliphatic rings. The SMILES string of the molecule is CCNc1nc(N)c2c(n1)OCCN(c1ccc(C3CCC(CC(=O)O)CC3)cc1)C2=O. The number of anilines is 3. The molecular formula is C23H29N5O4. The van der Waals surface area contributed by atoms with E-state index in [-0.39, 0.29) is 35.5 Å². The average molecular weight is 440 g/mol.